The summed E-state index contributed by atoms with van der Waals surface area (Å²) < 4.78 is 0. The van der Waals surface area contributed by atoms with Gasteiger partial charge in [-0.3, -0.25) is 0 Å². The minimum atomic E-state index is 0.612. The third kappa shape index (κ3) is 2.96. The molecule has 2 heteroatoms. The molecule has 2 rings (SSSR count). The van der Waals surface area contributed by atoms with Crippen molar-refractivity contribution in [3.63, 3.8) is 0 Å². The van der Waals surface area contributed by atoms with Gasteiger partial charge < -0.3 is 11.1 Å². The summed E-state index contributed by atoms with van der Waals surface area (Å²) in [6, 6.07) is 1.42. The first kappa shape index (κ1) is 10.4. The van der Waals surface area contributed by atoms with Crippen LogP contribution in [0.15, 0.2) is 0 Å². The molecule has 82 valence electrons. The predicted octanol–water partition coefficient (Wildman–Crippen LogP) is 2.04. The normalized spacial score (nSPS) is 27.2. The Kier molecular flexibility index (Phi) is 3.82. The minimum absolute atomic E-state index is 0.612. The van der Waals surface area contributed by atoms with Gasteiger partial charge in [0.05, 0.1) is 0 Å². The lowest BCUT2D eigenvalue weighted by Crippen LogP contribution is -2.43. The topological polar surface area (TPSA) is 38.0 Å². The van der Waals surface area contributed by atoms with Crippen molar-refractivity contribution in [2.24, 2.45) is 11.7 Å². The van der Waals surface area contributed by atoms with Gasteiger partial charge in [0.1, 0.15) is 0 Å². The van der Waals surface area contributed by atoms with E-state index in [4.69, 9.17) is 5.73 Å². The van der Waals surface area contributed by atoms with Crippen molar-refractivity contribution in [1.82, 2.24) is 5.32 Å². The van der Waals surface area contributed by atoms with Crippen LogP contribution in [-0.2, 0) is 0 Å². The molecule has 2 nitrogen and oxygen atoms in total. The van der Waals surface area contributed by atoms with Crippen molar-refractivity contribution in [2.75, 3.05) is 6.54 Å². The Morgan fingerprint density at radius 2 is 1.64 bits per heavy atom. The zero-order valence-electron chi connectivity index (χ0n) is 9.17. The first-order valence-corrected chi connectivity index (χ1v) is 6.36. The Morgan fingerprint density at radius 1 is 1.00 bits per heavy atom. The molecule has 1 unspecified atom stereocenters. The monoisotopic (exact) mass is 196 g/mol. The Bertz CT molecular complexity index is 158. The number of rotatable bonds is 4. The van der Waals surface area contributed by atoms with Crippen LogP contribution >= 0.6 is 0 Å². The quantitative estimate of drug-likeness (QED) is 0.675. The van der Waals surface area contributed by atoms with Crippen LogP contribution in [0.3, 0.4) is 0 Å². The van der Waals surface area contributed by atoms with Crippen molar-refractivity contribution < 1.29 is 0 Å². The molecule has 0 bridgehead atoms. The third-order valence-electron chi connectivity index (χ3n) is 3.75. The maximum absolute atomic E-state index is 5.87. The van der Waals surface area contributed by atoms with Crippen molar-refractivity contribution >= 4 is 0 Å². The van der Waals surface area contributed by atoms with E-state index in [1.54, 1.807) is 0 Å². The maximum atomic E-state index is 5.87. The molecule has 0 heterocycles. The van der Waals surface area contributed by atoms with E-state index >= 15 is 0 Å². The Balaban J connectivity index is 1.80. The summed E-state index contributed by atoms with van der Waals surface area (Å²) in [6.07, 6.45) is 11.3. The maximum Gasteiger partial charge on any atom is 0.0221 e. The van der Waals surface area contributed by atoms with Crippen molar-refractivity contribution in [3.8, 4) is 0 Å². The lowest BCUT2D eigenvalue weighted by Gasteiger charge is -2.26. The molecule has 2 saturated carbocycles. The highest BCUT2D eigenvalue weighted by molar-refractivity contribution is 4.88. The van der Waals surface area contributed by atoms with Crippen molar-refractivity contribution in [2.45, 2.75) is 63.5 Å². The lowest BCUT2D eigenvalue weighted by atomic mass is 9.92. The van der Waals surface area contributed by atoms with E-state index in [0.717, 1.165) is 18.5 Å². The fourth-order valence-corrected chi connectivity index (χ4v) is 2.66. The molecular formula is C12H24N2. The van der Waals surface area contributed by atoms with Gasteiger partial charge in [0, 0.05) is 18.6 Å². The summed E-state index contributed by atoms with van der Waals surface area (Å²) >= 11 is 0. The van der Waals surface area contributed by atoms with Crippen molar-refractivity contribution in [3.05, 3.63) is 0 Å². The lowest BCUT2D eigenvalue weighted by molar-refractivity contribution is 0.322. The van der Waals surface area contributed by atoms with Crippen LogP contribution in [0.2, 0.25) is 0 Å². The SMILES string of the molecule is NCC(NC1CC1)C1CCCCCC1. The smallest absolute Gasteiger partial charge is 0.0221 e. The fourth-order valence-electron chi connectivity index (χ4n) is 2.66. The highest BCUT2D eigenvalue weighted by Crippen LogP contribution is 2.28. The molecular weight excluding hydrogens is 172 g/mol. The van der Waals surface area contributed by atoms with E-state index in [1.165, 1.54) is 51.4 Å². The number of nitrogens with two attached hydrogens (primary N) is 1. The molecule has 2 aliphatic rings. The van der Waals surface area contributed by atoms with E-state index < -0.39 is 0 Å². The Hall–Kier alpha value is -0.0800. The van der Waals surface area contributed by atoms with Crippen LogP contribution in [0.1, 0.15) is 51.4 Å². The van der Waals surface area contributed by atoms with Crippen LogP contribution in [0, 0.1) is 5.92 Å². The molecule has 0 spiro atoms. The Morgan fingerprint density at radius 3 is 2.14 bits per heavy atom. The summed E-state index contributed by atoms with van der Waals surface area (Å²) in [4.78, 5) is 0. The van der Waals surface area contributed by atoms with Gasteiger partial charge >= 0.3 is 0 Å². The zero-order chi connectivity index (χ0) is 9.80. The standard InChI is InChI=1S/C12H24N2/c13-9-12(14-11-7-8-11)10-5-3-1-2-4-6-10/h10-12,14H,1-9,13H2. The summed E-state index contributed by atoms with van der Waals surface area (Å²) in [5.74, 6) is 0.864. The van der Waals surface area contributed by atoms with Crippen LogP contribution < -0.4 is 11.1 Å². The molecule has 1 atom stereocenters. The second-order valence-corrected chi connectivity index (χ2v) is 5.03. The van der Waals surface area contributed by atoms with Gasteiger partial charge in [-0.15, -0.1) is 0 Å². The Labute approximate surface area is 87.6 Å². The van der Waals surface area contributed by atoms with E-state index in [2.05, 4.69) is 5.32 Å². The van der Waals surface area contributed by atoms with E-state index in [0.29, 0.717) is 6.04 Å². The minimum Gasteiger partial charge on any atom is -0.329 e. The highest BCUT2D eigenvalue weighted by Gasteiger charge is 2.28. The van der Waals surface area contributed by atoms with Crippen LogP contribution in [0.25, 0.3) is 0 Å². The highest BCUT2D eigenvalue weighted by atomic mass is 15.0. The van der Waals surface area contributed by atoms with Crippen molar-refractivity contribution in [1.29, 1.82) is 0 Å². The summed E-state index contributed by atoms with van der Waals surface area (Å²) in [5, 5.41) is 3.71. The number of hydrogen-bond acceptors (Lipinski definition) is 2. The van der Waals surface area contributed by atoms with Gasteiger partial charge in [-0.1, -0.05) is 25.7 Å². The van der Waals surface area contributed by atoms with Gasteiger partial charge in [-0.2, -0.15) is 0 Å². The molecule has 14 heavy (non-hydrogen) atoms. The second kappa shape index (κ2) is 5.13. The molecule has 2 fully saturated rings. The number of nitrogens with one attached hydrogen (secondary N) is 1. The molecule has 3 N–H and O–H groups in total. The third-order valence-corrected chi connectivity index (χ3v) is 3.75. The predicted molar refractivity (Wildman–Crippen MR) is 60.2 cm³/mol. The molecule has 0 radical (unpaired) electrons. The number of hydrogen-bond donors (Lipinski definition) is 2. The molecule has 0 aromatic heterocycles. The van der Waals surface area contributed by atoms with Crippen LogP contribution in [0.4, 0.5) is 0 Å². The summed E-state index contributed by atoms with van der Waals surface area (Å²) in [7, 11) is 0. The summed E-state index contributed by atoms with van der Waals surface area (Å²) in [5.41, 5.74) is 5.87. The average molecular weight is 196 g/mol. The molecule has 0 aromatic carbocycles. The van der Waals surface area contributed by atoms with Gasteiger partial charge in [0.25, 0.3) is 0 Å². The molecule has 2 aliphatic carbocycles. The van der Waals surface area contributed by atoms with Gasteiger partial charge in [-0.05, 0) is 31.6 Å². The first-order chi connectivity index (χ1) is 6.90. The van der Waals surface area contributed by atoms with Gasteiger partial charge in [0.2, 0.25) is 0 Å². The van der Waals surface area contributed by atoms with E-state index in [1.807, 2.05) is 0 Å². The molecule has 0 aliphatic heterocycles. The van der Waals surface area contributed by atoms with E-state index in [9.17, 15) is 0 Å². The average Bonchev–Trinajstić information content (AvgIpc) is 3.01. The van der Waals surface area contributed by atoms with Crippen LogP contribution in [-0.4, -0.2) is 18.6 Å². The summed E-state index contributed by atoms with van der Waals surface area (Å²) in [6.45, 7) is 0.834. The van der Waals surface area contributed by atoms with Gasteiger partial charge in [-0.25, -0.2) is 0 Å². The molecule has 0 amide bonds. The van der Waals surface area contributed by atoms with Gasteiger partial charge in [0.15, 0.2) is 0 Å². The molecule has 0 aromatic rings. The van der Waals surface area contributed by atoms with Crippen LogP contribution in [0.5, 0.6) is 0 Å². The first-order valence-electron chi connectivity index (χ1n) is 6.36. The second-order valence-electron chi connectivity index (χ2n) is 5.03. The largest absolute Gasteiger partial charge is 0.329 e. The molecule has 0 saturated heterocycles. The zero-order valence-corrected chi connectivity index (χ0v) is 9.17. The van der Waals surface area contributed by atoms with E-state index in [-0.39, 0.29) is 0 Å². The fraction of sp³-hybridized carbons (Fsp3) is 1.00.